The number of anilines is 1. The summed E-state index contributed by atoms with van der Waals surface area (Å²) in [5.41, 5.74) is 0.560. The molecular weight excluding hydrogens is 386 g/mol. The summed E-state index contributed by atoms with van der Waals surface area (Å²) in [5.74, 6) is 0.400. The van der Waals surface area contributed by atoms with E-state index in [1.807, 2.05) is 0 Å². The Labute approximate surface area is 174 Å². The maximum atomic E-state index is 12.3. The summed E-state index contributed by atoms with van der Waals surface area (Å²) >= 11 is 0. The molecule has 0 aliphatic heterocycles. The number of non-ortho nitro benzene ring substituents is 1. The first-order chi connectivity index (χ1) is 14.4. The van der Waals surface area contributed by atoms with Crippen molar-refractivity contribution < 1.29 is 19.2 Å². The Morgan fingerprint density at radius 2 is 1.87 bits per heavy atom. The molecule has 1 aliphatic rings. The molecule has 0 bridgehead atoms. The Bertz CT molecular complexity index is 913. The van der Waals surface area contributed by atoms with Crippen LogP contribution in [0, 0.1) is 16.0 Å². The van der Waals surface area contributed by atoms with Gasteiger partial charge in [-0.25, -0.2) is 0 Å². The van der Waals surface area contributed by atoms with Crippen molar-refractivity contribution in [3.05, 3.63) is 64.2 Å². The molecule has 0 unspecified atom stereocenters. The number of nitrogens with zero attached hydrogens (tertiary/aromatic N) is 1. The highest BCUT2D eigenvalue weighted by molar-refractivity contribution is 6.04. The lowest BCUT2D eigenvalue weighted by atomic mass is 9.86. The molecule has 8 nitrogen and oxygen atoms in total. The van der Waals surface area contributed by atoms with Crippen LogP contribution in [0.3, 0.4) is 0 Å². The van der Waals surface area contributed by atoms with E-state index in [1.54, 1.807) is 24.3 Å². The monoisotopic (exact) mass is 411 g/mol. The SMILES string of the molecule is C[C@@H]1CCCC[C@H]1NC(=O)COc1ccc(NC(=O)c2cccc([N+](=O)[O-])c2)cc1. The number of hydrogen-bond donors (Lipinski definition) is 2. The zero-order valence-electron chi connectivity index (χ0n) is 16.8. The average Bonchev–Trinajstić information content (AvgIpc) is 2.75. The first-order valence-electron chi connectivity index (χ1n) is 10.0. The number of nitro groups is 1. The smallest absolute Gasteiger partial charge is 0.270 e. The van der Waals surface area contributed by atoms with Crippen LogP contribution in [-0.4, -0.2) is 29.4 Å². The molecule has 0 saturated heterocycles. The third kappa shape index (κ3) is 5.79. The molecule has 0 heterocycles. The van der Waals surface area contributed by atoms with Gasteiger partial charge in [0.2, 0.25) is 0 Å². The Hall–Kier alpha value is -3.42. The first-order valence-corrected chi connectivity index (χ1v) is 10.0. The van der Waals surface area contributed by atoms with E-state index in [0.717, 1.165) is 19.3 Å². The van der Waals surface area contributed by atoms with Crippen LogP contribution in [0.1, 0.15) is 43.0 Å². The number of hydrogen-bond acceptors (Lipinski definition) is 5. The second-order valence-corrected chi connectivity index (χ2v) is 7.51. The molecule has 3 rings (SSSR count). The molecule has 0 radical (unpaired) electrons. The van der Waals surface area contributed by atoms with Gasteiger partial charge in [0.15, 0.2) is 6.61 Å². The third-order valence-corrected chi connectivity index (χ3v) is 5.26. The van der Waals surface area contributed by atoms with Crippen molar-refractivity contribution in [3.63, 3.8) is 0 Å². The van der Waals surface area contributed by atoms with E-state index in [9.17, 15) is 19.7 Å². The molecule has 1 aliphatic carbocycles. The fourth-order valence-corrected chi connectivity index (χ4v) is 3.53. The fraction of sp³-hybridized carbons (Fsp3) is 0.364. The molecule has 2 atom stereocenters. The van der Waals surface area contributed by atoms with Crippen LogP contribution in [0.15, 0.2) is 48.5 Å². The molecule has 158 valence electrons. The quantitative estimate of drug-likeness (QED) is 0.530. The number of carbonyl (C=O) groups excluding carboxylic acids is 2. The highest BCUT2D eigenvalue weighted by Crippen LogP contribution is 2.23. The van der Waals surface area contributed by atoms with Gasteiger partial charge in [0.25, 0.3) is 17.5 Å². The third-order valence-electron chi connectivity index (χ3n) is 5.26. The number of carbonyl (C=O) groups is 2. The van der Waals surface area contributed by atoms with E-state index in [1.165, 1.54) is 30.7 Å². The number of nitrogens with one attached hydrogen (secondary N) is 2. The van der Waals surface area contributed by atoms with Crippen LogP contribution in [0.4, 0.5) is 11.4 Å². The second-order valence-electron chi connectivity index (χ2n) is 7.51. The summed E-state index contributed by atoms with van der Waals surface area (Å²) in [6.07, 6.45) is 4.49. The lowest BCUT2D eigenvalue weighted by Gasteiger charge is -2.29. The lowest BCUT2D eigenvalue weighted by Crippen LogP contribution is -2.43. The van der Waals surface area contributed by atoms with Gasteiger partial charge in [0, 0.05) is 29.4 Å². The van der Waals surface area contributed by atoms with Crippen LogP contribution in [0.25, 0.3) is 0 Å². The molecule has 8 heteroatoms. The Morgan fingerprint density at radius 1 is 1.13 bits per heavy atom. The minimum atomic E-state index is -0.548. The second kappa shape index (κ2) is 9.87. The van der Waals surface area contributed by atoms with Crippen molar-refractivity contribution in [2.45, 2.75) is 38.6 Å². The predicted octanol–water partition coefficient (Wildman–Crippen LogP) is 3.92. The molecule has 1 saturated carbocycles. The van der Waals surface area contributed by atoms with Crippen LogP contribution < -0.4 is 15.4 Å². The van der Waals surface area contributed by atoms with E-state index in [0.29, 0.717) is 17.4 Å². The van der Waals surface area contributed by atoms with Crippen LogP contribution in [0.2, 0.25) is 0 Å². The Kier molecular flexibility index (Phi) is 7.00. The summed E-state index contributed by atoms with van der Waals surface area (Å²) in [5, 5.41) is 16.6. The Morgan fingerprint density at radius 3 is 2.57 bits per heavy atom. The highest BCUT2D eigenvalue weighted by Gasteiger charge is 2.22. The van der Waals surface area contributed by atoms with Crippen LogP contribution in [0.5, 0.6) is 5.75 Å². The van der Waals surface area contributed by atoms with E-state index >= 15 is 0 Å². The minimum Gasteiger partial charge on any atom is -0.484 e. The number of amides is 2. The minimum absolute atomic E-state index is 0.0669. The van der Waals surface area contributed by atoms with Gasteiger partial charge in [0.1, 0.15) is 5.75 Å². The van der Waals surface area contributed by atoms with Crippen molar-refractivity contribution in [3.8, 4) is 5.75 Å². The largest absolute Gasteiger partial charge is 0.484 e. The first kappa shape index (κ1) is 21.3. The van der Waals surface area contributed by atoms with Gasteiger partial charge < -0.3 is 15.4 Å². The molecule has 2 N–H and O–H groups in total. The summed E-state index contributed by atoms with van der Waals surface area (Å²) < 4.78 is 5.53. The topological polar surface area (TPSA) is 111 Å². The maximum Gasteiger partial charge on any atom is 0.270 e. The molecule has 0 spiro atoms. The van der Waals surface area contributed by atoms with Gasteiger partial charge in [-0.1, -0.05) is 25.8 Å². The molecular formula is C22H25N3O5. The molecule has 0 aromatic heterocycles. The van der Waals surface area contributed by atoms with Gasteiger partial charge in [0.05, 0.1) is 4.92 Å². The predicted molar refractivity (Wildman–Crippen MR) is 113 cm³/mol. The molecule has 30 heavy (non-hydrogen) atoms. The van der Waals surface area contributed by atoms with Gasteiger partial charge in [-0.05, 0) is 49.1 Å². The van der Waals surface area contributed by atoms with E-state index in [2.05, 4.69) is 17.6 Å². The van der Waals surface area contributed by atoms with Gasteiger partial charge in [-0.15, -0.1) is 0 Å². The zero-order chi connectivity index (χ0) is 21.5. The van der Waals surface area contributed by atoms with Crippen molar-refractivity contribution in [2.75, 3.05) is 11.9 Å². The van der Waals surface area contributed by atoms with E-state index in [-0.39, 0.29) is 29.8 Å². The van der Waals surface area contributed by atoms with Crippen LogP contribution in [-0.2, 0) is 4.79 Å². The van der Waals surface area contributed by atoms with Crippen molar-refractivity contribution in [2.24, 2.45) is 5.92 Å². The lowest BCUT2D eigenvalue weighted by molar-refractivity contribution is -0.384. The van der Waals surface area contributed by atoms with Crippen molar-refractivity contribution >= 4 is 23.2 Å². The molecule has 2 aromatic rings. The van der Waals surface area contributed by atoms with E-state index in [4.69, 9.17) is 4.74 Å². The summed E-state index contributed by atoms with van der Waals surface area (Å²) in [7, 11) is 0. The summed E-state index contributed by atoms with van der Waals surface area (Å²) in [6.45, 7) is 2.09. The maximum absolute atomic E-state index is 12.3. The Balaban J connectivity index is 1.50. The zero-order valence-corrected chi connectivity index (χ0v) is 16.8. The van der Waals surface area contributed by atoms with Crippen molar-refractivity contribution in [1.29, 1.82) is 0 Å². The standard InChI is InChI=1S/C22H25N3O5/c1-15-5-2-3-8-20(15)24-21(26)14-30-19-11-9-17(10-12-19)23-22(27)16-6-4-7-18(13-16)25(28)29/h4,6-7,9-13,15,20H,2-3,5,8,14H2,1H3,(H,23,27)(H,24,26)/t15-,20-/m1/s1. The number of nitro benzene ring substituents is 1. The average molecular weight is 411 g/mol. The summed E-state index contributed by atoms with van der Waals surface area (Å²) in [6, 6.07) is 12.3. The van der Waals surface area contributed by atoms with Crippen LogP contribution >= 0.6 is 0 Å². The van der Waals surface area contributed by atoms with Gasteiger partial charge in [-0.3, -0.25) is 19.7 Å². The molecule has 1 fully saturated rings. The number of benzene rings is 2. The number of rotatable bonds is 7. The molecule has 2 aromatic carbocycles. The van der Waals surface area contributed by atoms with Crippen molar-refractivity contribution in [1.82, 2.24) is 5.32 Å². The fourth-order valence-electron chi connectivity index (χ4n) is 3.53. The van der Waals surface area contributed by atoms with E-state index < -0.39 is 10.8 Å². The summed E-state index contributed by atoms with van der Waals surface area (Å²) in [4.78, 5) is 34.7. The number of ether oxygens (including phenoxy) is 1. The normalized spacial score (nSPS) is 18.3. The van der Waals surface area contributed by atoms with Gasteiger partial charge in [-0.2, -0.15) is 0 Å². The van der Waals surface area contributed by atoms with Gasteiger partial charge >= 0.3 is 0 Å². The molecule has 2 amide bonds. The highest BCUT2D eigenvalue weighted by atomic mass is 16.6.